The van der Waals surface area contributed by atoms with E-state index in [4.69, 9.17) is 4.74 Å². The summed E-state index contributed by atoms with van der Waals surface area (Å²) in [7, 11) is 0. The van der Waals surface area contributed by atoms with Crippen LogP contribution in [-0.4, -0.2) is 72.2 Å². The van der Waals surface area contributed by atoms with Crippen molar-refractivity contribution in [2.24, 2.45) is 56.7 Å². The van der Waals surface area contributed by atoms with E-state index in [1.807, 2.05) is 0 Å². The first-order chi connectivity index (χ1) is 24.8. The Morgan fingerprint density at radius 3 is 2.28 bits per heavy atom. The molecule has 5 fully saturated rings. The van der Waals surface area contributed by atoms with Crippen molar-refractivity contribution in [3.05, 3.63) is 47.0 Å². The Kier molecular flexibility index (Phi) is 9.81. The molecule has 1 aromatic rings. The molecule has 7 rings (SSSR count). The van der Waals surface area contributed by atoms with Gasteiger partial charge in [-0.1, -0.05) is 72.2 Å². The minimum atomic E-state index is -4.59. The van der Waals surface area contributed by atoms with E-state index < -0.39 is 23.1 Å². The zero-order valence-electron chi connectivity index (χ0n) is 33.2. The maximum Gasteiger partial charge on any atom is 0.417 e. The first kappa shape index (κ1) is 38.9. The van der Waals surface area contributed by atoms with Crippen molar-refractivity contribution in [3.8, 4) is 0 Å². The van der Waals surface area contributed by atoms with Gasteiger partial charge in [-0.3, -0.25) is 14.5 Å². The van der Waals surface area contributed by atoms with E-state index >= 15 is 0 Å². The first-order valence-corrected chi connectivity index (χ1v) is 20.5. The van der Waals surface area contributed by atoms with Gasteiger partial charge in [0.15, 0.2) is 0 Å². The number of rotatable bonds is 5. The summed E-state index contributed by atoms with van der Waals surface area (Å²) in [5.41, 5.74) is -0.0264. The van der Waals surface area contributed by atoms with Gasteiger partial charge < -0.3 is 14.7 Å². The average molecular weight is 741 g/mol. The lowest BCUT2D eigenvalue weighted by Gasteiger charge is -2.71. The minimum absolute atomic E-state index is 0.00158. The monoisotopic (exact) mass is 740 g/mol. The summed E-state index contributed by atoms with van der Waals surface area (Å²) in [5.74, 6) is 1.42. The molecule has 1 N–H and O–H groups in total. The zero-order chi connectivity index (χ0) is 38.4. The summed E-state index contributed by atoms with van der Waals surface area (Å²) in [6.07, 6.45) is 6.73. The highest BCUT2D eigenvalue weighted by atomic mass is 19.4. The van der Waals surface area contributed by atoms with E-state index in [1.54, 1.807) is 0 Å². The minimum Gasteiger partial charge on any atom is -0.464 e. The van der Waals surface area contributed by atoms with Crippen molar-refractivity contribution in [3.63, 3.8) is 0 Å². The van der Waals surface area contributed by atoms with Crippen molar-refractivity contribution in [1.29, 1.82) is 0 Å². The molecular formula is C44H63F3N2O4. The van der Waals surface area contributed by atoms with Gasteiger partial charge in [0, 0.05) is 32.7 Å². The molecule has 10 atom stereocenters. The molecule has 6 aliphatic rings. The molecule has 0 aromatic heterocycles. The number of fused-ring (bicyclic) bond motifs is 7. The molecule has 1 aromatic carbocycles. The molecule has 0 spiro atoms. The molecule has 9 heteroatoms. The Hall–Kier alpha value is -2.39. The molecule has 0 radical (unpaired) electrons. The fraction of sp³-hybridized carbons (Fsp3) is 0.773. The van der Waals surface area contributed by atoms with Crippen LogP contribution in [0.1, 0.15) is 122 Å². The van der Waals surface area contributed by atoms with Crippen LogP contribution in [0, 0.1) is 56.7 Å². The molecule has 53 heavy (non-hydrogen) atoms. The number of halogens is 3. The Morgan fingerprint density at radius 2 is 1.58 bits per heavy atom. The molecule has 1 heterocycles. The molecule has 1 aliphatic heterocycles. The topological polar surface area (TPSA) is 70.1 Å². The molecule has 6 nitrogen and oxygen atoms in total. The molecule has 1 amide bonds. The van der Waals surface area contributed by atoms with Crippen LogP contribution in [0.3, 0.4) is 0 Å². The third-order valence-electron chi connectivity index (χ3n) is 17.1. The number of nitrogens with zero attached hydrogens (tertiary/aromatic N) is 2. The van der Waals surface area contributed by atoms with Crippen molar-refractivity contribution in [2.75, 3.05) is 39.3 Å². The number of amides is 1. The summed E-state index contributed by atoms with van der Waals surface area (Å²) in [4.78, 5) is 31.2. The standard InChI is InChI=1S/C44H63F3N2O4/c1-28-14-19-43(38(52)53-27-26-48-22-24-49(25-23-48)37(51)30-10-8-9-11-31(30)44(45,46)47)21-20-41(6)32(36(43)29(28)2)12-13-34-40(5)17-16-35(50)39(3,4)33(40)15-18-42(34,41)7/h8-12,28-29,33-36,50H,13-27H2,1-7H3/t28-,29+,33+,34-,35+,36+,40+,41-,42-,43+/m1/s1. The Morgan fingerprint density at radius 1 is 0.887 bits per heavy atom. The van der Waals surface area contributed by atoms with Crippen LogP contribution in [0.5, 0.6) is 0 Å². The van der Waals surface area contributed by atoms with E-state index in [0.717, 1.165) is 63.9 Å². The van der Waals surface area contributed by atoms with E-state index in [-0.39, 0.29) is 51.8 Å². The lowest BCUT2D eigenvalue weighted by Crippen LogP contribution is -2.65. The molecule has 4 saturated carbocycles. The lowest BCUT2D eigenvalue weighted by molar-refractivity contribution is -0.207. The third-order valence-corrected chi connectivity index (χ3v) is 17.1. The van der Waals surface area contributed by atoms with E-state index in [9.17, 15) is 27.9 Å². The van der Waals surface area contributed by atoms with Gasteiger partial charge >= 0.3 is 12.1 Å². The summed E-state index contributed by atoms with van der Waals surface area (Å²) < 4.78 is 47.0. The van der Waals surface area contributed by atoms with Crippen molar-refractivity contribution >= 4 is 11.9 Å². The SMILES string of the molecule is C[C@H]1[C@H](C)CC[C@]2(C(=O)OCCN3CCN(C(=O)c4ccccc4C(F)(F)F)CC3)CC[C@]3(C)C(=CC[C@@H]4[C@@]5(C)CC[C@H](O)C(C)(C)[C@@H]5CC[C@]43C)[C@H]12. The predicted octanol–water partition coefficient (Wildman–Crippen LogP) is 9.02. The number of aliphatic hydroxyl groups excluding tert-OH is 1. The number of esters is 1. The van der Waals surface area contributed by atoms with Crippen LogP contribution in [0.15, 0.2) is 35.9 Å². The summed E-state index contributed by atoms with van der Waals surface area (Å²) >= 11 is 0. The van der Waals surface area contributed by atoms with Crippen LogP contribution in [0.25, 0.3) is 0 Å². The number of alkyl halides is 3. The summed E-state index contributed by atoms with van der Waals surface area (Å²) in [6.45, 7) is 19.4. The number of allylic oxidation sites excluding steroid dienone is 2. The molecule has 5 aliphatic carbocycles. The highest BCUT2D eigenvalue weighted by Crippen LogP contribution is 2.75. The second-order valence-electron chi connectivity index (χ2n) is 19.5. The fourth-order valence-corrected chi connectivity index (χ4v) is 13.5. The lowest BCUT2D eigenvalue weighted by atomic mass is 9.33. The van der Waals surface area contributed by atoms with Gasteiger partial charge in [0.1, 0.15) is 6.61 Å². The quantitative estimate of drug-likeness (QED) is 0.241. The number of piperazine rings is 1. The van der Waals surface area contributed by atoms with Gasteiger partial charge in [0.25, 0.3) is 5.91 Å². The van der Waals surface area contributed by atoms with E-state index in [1.165, 1.54) is 28.7 Å². The number of carbonyl (C=O) groups is 2. The van der Waals surface area contributed by atoms with Crippen LogP contribution in [-0.2, 0) is 15.7 Å². The van der Waals surface area contributed by atoms with Gasteiger partial charge in [-0.05, 0) is 121 Å². The van der Waals surface area contributed by atoms with Gasteiger partial charge in [-0.25, -0.2) is 0 Å². The maximum atomic E-state index is 14.5. The summed E-state index contributed by atoms with van der Waals surface area (Å²) in [6, 6.07) is 4.98. The van der Waals surface area contributed by atoms with Crippen LogP contribution >= 0.6 is 0 Å². The number of ether oxygens (including phenoxy) is 1. The second-order valence-corrected chi connectivity index (χ2v) is 19.5. The maximum absolute atomic E-state index is 14.5. The van der Waals surface area contributed by atoms with Gasteiger partial charge in [-0.15, -0.1) is 0 Å². The van der Waals surface area contributed by atoms with Gasteiger partial charge in [-0.2, -0.15) is 13.2 Å². The normalized spacial score (nSPS) is 41.3. The zero-order valence-corrected chi connectivity index (χ0v) is 33.2. The number of carbonyl (C=O) groups excluding carboxylic acids is 2. The Bertz CT molecular complexity index is 1620. The highest BCUT2D eigenvalue weighted by molar-refractivity contribution is 5.96. The predicted molar refractivity (Wildman–Crippen MR) is 200 cm³/mol. The smallest absolute Gasteiger partial charge is 0.417 e. The van der Waals surface area contributed by atoms with Crippen molar-refractivity contribution in [2.45, 2.75) is 119 Å². The number of aliphatic hydroxyl groups is 1. The largest absolute Gasteiger partial charge is 0.464 e. The van der Waals surface area contributed by atoms with E-state index in [2.05, 4.69) is 59.4 Å². The first-order valence-electron chi connectivity index (χ1n) is 20.5. The summed E-state index contributed by atoms with van der Waals surface area (Å²) in [5, 5.41) is 11.1. The number of benzene rings is 1. The fourth-order valence-electron chi connectivity index (χ4n) is 13.5. The van der Waals surface area contributed by atoms with Gasteiger partial charge in [0.2, 0.25) is 0 Å². The number of hydrogen-bond acceptors (Lipinski definition) is 5. The van der Waals surface area contributed by atoms with E-state index in [0.29, 0.717) is 56.4 Å². The van der Waals surface area contributed by atoms with Crippen LogP contribution in [0.4, 0.5) is 13.2 Å². The number of hydrogen-bond donors (Lipinski definition) is 1. The Labute approximate surface area is 315 Å². The molecular weight excluding hydrogens is 677 g/mol. The highest BCUT2D eigenvalue weighted by Gasteiger charge is 2.69. The van der Waals surface area contributed by atoms with Crippen molar-refractivity contribution < 1.29 is 32.6 Å². The molecule has 294 valence electrons. The second kappa shape index (κ2) is 13.4. The Balaban J connectivity index is 1.04. The average Bonchev–Trinajstić information content (AvgIpc) is 3.11. The van der Waals surface area contributed by atoms with Gasteiger partial charge in [0.05, 0.1) is 22.6 Å². The van der Waals surface area contributed by atoms with Crippen molar-refractivity contribution in [1.82, 2.24) is 9.80 Å². The third kappa shape index (κ3) is 5.94. The molecule has 0 unspecified atom stereocenters. The molecule has 0 bridgehead atoms. The van der Waals surface area contributed by atoms with Crippen LogP contribution in [0.2, 0.25) is 0 Å². The van der Waals surface area contributed by atoms with Crippen LogP contribution < -0.4 is 0 Å². The molecule has 1 saturated heterocycles.